The van der Waals surface area contributed by atoms with Crippen LogP contribution in [0.15, 0.2) is 42.6 Å². The molecule has 2 rings (SSSR count). The number of carbonyl (C=O) groups is 2. The maximum atomic E-state index is 12.5. The number of methoxy groups -OCH3 is 1. The molecule has 0 atom stereocenters. The minimum atomic E-state index is -4.46. The molecular formula is C19H19F3N2O4. The summed E-state index contributed by atoms with van der Waals surface area (Å²) in [6.07, 6.45) is -3.07. The van der Waals surface area contributed by atoms with Gasteiger partial charge in [0.1, 0.15) is 5.75 Å². The molecule has 28 heavy (non-hydrogen) atoms. The van der Waals surface area contributed by atoms with Crippen LogP contribution in [0.4, 0.5) is 13.2 Å². The van der Waals surface area contributed by atoms with Gasteiger partial charge >= 0.3 is 12.1 Å². The minimum Gasteiger partial charge on any atom is -0.469 e. The fraction of sp³-hybridized carbons (Fsp3) is 0.316. The van der Waals surface area contributed by atoms with E-state index in [1.807, 2.05) is 0 Å². The van der Waals surface area contributed by atoms with Crippen molar-refractivity contribution in [1.29, 1.82) is 0 Å². The van der Waals surface area contributed by atoms with Gasteiger partial charge in [-0.3, -0.25) is 9.59 Å². The largest absolute Gasteiger partial charge is 0.469 e. The molecule has 0 saturated heterocycles. The first-order chi connectivity index (χ1) is 13.2. The zero-order valence-electron chi connectivity index (χ0n) is 15.3. The zero-order chi connectivity index (χ0) is 20.7. The van der Waals surface area contributed by atoms with Crippen LogP contribution in [0.25, 0.3) is 0 Å². The van der Waals surface area contributed by atoms with Crippen LogP contribution in [0, 0.1) is 0 Å². The number of amides is 1. The molecule has 2 aromatic rings. The van der Waals surface area contributed by atoms with Gasteiger partial charge in [0.25, 0.3) is 5.91 Å². The van der Waals surface area contributed by atoms with Crippen LogP contribution in [-0.2, 0) is 15.7 Å². The van der Waals surface area contributed by atoms with Crippen LogP contribution in [-0.4, -0.2) is 42.5 Å². The predicted octanol–water partition coefficient (Wildman–Crippen LogP) is 3.92. The average Bonchev–Trinajstić information content (AvgIpc) is 2.67. The molecule has 1 aromatic heterocycles. The molecule has 0 spiro atoms. The van der Waals surface area contributed by atoms with Crippen LogP contribution >= 0.6 is 0 Å². The molecule has 0 N–H and O–H groups in total. The summed E-state index contributed by atoms with van der Waals surface area (Å²) in [7, 11) is 2.93. The van der Waals surface area contributed by atoms with Gasteiger partial charge in [-0.05, 0) is 36.8 Å². The Balaban J connectivity index is 1.93. The van der Waals surface area contributed by atoms with Crippen molar-refractivity contribution in [2.45, 2.75) is 19.0 Å². The molecule has 0 saturated carbocycles. The second-order valence-corrected chi connectivity index (χ2v) is 5.92. The van der Waals surface area contributed by atoms with Crippen LogP contribution in [0.1, 0.15) is 28.8 Å². The van der Waals surface area contributed by atoms with Gasteiger partial charge in [-0.2, -0.15) is 13.2 Å². The van der Waals surface area contributed by atoms with E-state index in [-0.39, 0.29) is 24.2 Å². The lowest BCUT2D eigenvalue weighted by Crippen LogP contribution is -2.28. The lowest BCUT2D eigenvalue weighted by Gasteiger charge is -2.17. The highest BCUT2D eigenvalue weighted by atomic mass is 19.4. The topological polar surface area (TPSA) is 68.7 Å². The number of nitrogens with zero attached hydrogens (tertiary/aromatic N) is 2. The van der Waals surface area contributed by atoms with E-state index in [2.05, 4.69) is 9.72 Å². The van der Waals surface area contributed by atoms with Crippen molar-refractivity contribution in [3.05, 3.63) is 53.7 Å². The molecule has 6 nitrogen and oxygen atoms in total. The molecule has 1 heterocycles. The lowest BCUT2D eigenvalue weighted by atomic mass is 10.2. The Labute approximate surface area is 159 Å². The third kappa shape index (κ3) is 5.97. The summed E-state index contributed by atoms with van der Waals surface area (Å²) in [4.78, 5) is 28.5. The Bertz CT molecular complexity index is 805. The Morgan fingerprint density at radius 2 is 1.79 bits per heavy atom. The Hall–Kier alpha value is -3.10. The second-order valence-electron chi connectivity index (χ2n) is 5.92. The molecule has 1 aromatic carbocycles. The Morgan fingerprint density at radius 3 is 2.32 bits per heavy atom. The smallest absolute Gasteiger partial charge is 0.417 e. The normalized spacial score (nSPS) is 11.0. The van der Waals surface area contributed by atoms with Crippen molar-refractivity contribution in [1.82, 2.24) is 9.88 Å². The maximum absolute atomic E-state index is 12.5. The number of rotatable bonds is 7. The quantitative estimate of drug-likeness (QED) is 0.664. The van der Waals surface area contributed by atoms with Crippen molar-refractivity contribution >= 4 is 11.9 Å². The number of carbonyl (C=O) groups excluding carboxylic acids is 2. The van der Waals surface area contributed by atoms with Gasteiger partial charge in [-0.1, -0.05) is 0 Å². The molecular weight excluding hydrogens is 377 g/mol. The monoisotopic (exact) mass is 396 g/mol. The Kier molecular flexibility index (Phi) is 6.97. The number of alkyl halides is 3. The first-order valence-electron chi connectivity index (χ1n) is 8.34. The number of benzene rings is 1. The summed E-state index contributed by atoms with van der Waals surface area (Å²) in [5, 5.41) is 0. The molecule has 0 bridgehead atoms. The van der Waals surface area contributed by atoms with Gasteiger partial charge < -0.3 is 14.4 Å². The van der Waals surface area contributed by atoms with Crippen LogP contribution in [0.3, 0.4) is 0 Å². The molecule has 0 radical (unpaired) electrons. The van der Waals surface area contributed by atoms with E-state index in [0.717, 1.165) is 12.1 Å². The first-order valence-corrected chi connectivity index (χ1v) is 8.34. The Morgan fingerprint density at radius 1 is 1.11 bits per heavy atom. The van der Waals surface area contributed by atoms with Crippen LogP contribution in [0.2, 0.25) is 0 Å². The summed E-state index contributed by atoms with van der Waals surface area (Å²) >= 11 is 0. The number of hydrogen-bond acceptors (Lipinski definition) is 5. The fourth-order valence-electron chi connectivity index (χ4n) is 2.28. The zero-order valence-corrected chi connectivity index (χ0v) is 15.3. The highest BCUT2D eigenvalue weighted by Gasteiger charge is 2.30. The van der Waals surface area contributed by atoms with E-state index >= 15 is 0 Å². The molecule has 0 unspecified atom stereocenters. The third-order valence-corrected chi connectivity index (χ3v) is 3.84. The van der Waals surface area contributed by atoms with Gasteiger partial charge in [0, 0.05) is 37.8 Å². The van der Waals surface area contributed by atoms with Crippen LogP contribution < -0.4 is 4.74 Å². The number of aromatic nitrogens is 1. The highest BCUT2D eigenvalue weighted by Crippen LogP contribution is 2.30. The van der Waals surface area contributed by atoms with Crippen molar-refractivity contribution in [3.63, 3.8) is 0 Å². The summed E-state index contributed by atoms with van der Waals surface area (Å²) in [5.74, 6) is -0.229. The summed E-state index contributed by atoms with van der Waals surface area (Å²) < 4.78 is 47.5. The fourth-order valence-corrected chi connectivity index (χ4v) is 2.28. The van der Waals surface area contributed by atoms with E-state index in [9.17, 15) is 22.8 Å². The molecule has 9 heteroatoms. The summed E-state index contributed by atoms with van der Waals surface area (Å²) in [6, 6.07) is 8.13. The van der Waals surface area contributed by atoms with Gasteiger partial charge in [0.05, 0.1) is 12.7 Å². The van der Waals surface area contributed by atoms with E-state index in [1.54, 1.807) is 19.2 Å². The number of esters is 1. The molecule has 0 aliphatic rings. The highest BCUT2D eigenvalue weighted by molar-refractivity contribution is 5.94. The van der Waals surface area contributed by atoms with Crippen molar-refractivity contribution in [3.8, 4) is 11.6 Å². The first kappa shape index (κ1) is 21.2. The van der Waals surface area contributed by atoms with Gasteiger partial charge in [0.15, 0.2) is 0 Å². The number of ether oxygens (including phenoxy) is 2. The van der Waals surface area contributed by atoms with E-state index < -0.39 is 11.7 Å². The predicted molar refractivity (Wildman–Crippen MR) is 94.0 cm³/mol. The lowest BCUT2D eigenvalue weighted by molar-refractivity contribution is -0.141. The minimum absolute atomic E-state index is 0.00649. The standard InChI is InChI=1S/C19H19F3N2O4/c1-24(11-3-4-17(25)27-2)18(26)13-5-8-15(9-6-13)28-16-10-7-14(12-23-16)19(20,21)22/h5-10,12H,3-4,11H2,1-2H3. The summed E-state index contributed by atoms with van der Waals surface area (Å²) in [6.45, 7) is 0.391. The third-order valence-electron chi connectivity index (χ3n) is 3.84. The van der Waals surface area contributed by atoms with Crippen LogP contribution in [0.5, 0.6) is 11.6 Å². The van der Waals surface area contributed by atoms with Crippen molar-refractivity contribution < 1.29 is 32.2 Å². The molecule has 0 fully saturated rings. The molecule has 150 valence electrons. The van der Waals surface area contributed by atoms with E-state index in [1.165, 1.54) is 24.1 Å². The molecule has 1 amide bonds. The number of hydrogen-bond donors (Lipinski definition) is 0. The van der Waals surface area contributed by atoms with Crippen molar-refractivity contribution in [2.24, 2.45) is 0 Å². The number of halogens is 3. The number of pyridine rings is 1. The summed E-state index contributed by atoms with van der Waals surface area (Å²) in [5.41, 5.74) is -0.454. The molecule has 0 aliphatic heterocycles. The van der Waals surface area contributed by atoms with Gasteiger partial charge in [-0.15, -0.1) is 0 Å². The van der Waals surface area contributed by atoms with Gasteiger partial charge in [-0.25, -0.2) is 4.98 Å². The van der Waals surface area contributed by atoms with Crippen molar-refractivity contribution in [2.75, 3.05) is 20.7 Å². The SMILES string of the molecule is COC(=O)CCCN(C)C(=O)c1ccc(Oc2ccc(C(F)(F)F)cn2)cc1. The maximum Gasteiger partial charge on any atom is 0.417 e. The van der Waals surface area contributed by atoms with E-state index in [0.29, 0.717) is 30.5 Å². The van der Waals surface area contributed by atoms with Gasteiger partial charge in [0.2, 0.25) is 5.88 Å². The average molecular weight is 396 g/mol. The molecule has 0 aliphatic carbocycles. The van der Waals surface area contributed by atoms with E-state index in [4.69, 9.17) is 4.74 Å². The second kappa shape index (κ2) is 9.20.